The van der Waals surface area contributed by atoms with Gasteiger partial charge >= 0.3 is 16.4 Å². The number of hydrogen-bond donors (Lipinski definition) is 2. The van der Waals surface area contributed by atoms with Gasteiger partial charge in [0.15, 0.2) is 6.10 Å². The normalized spacial score (nSPS) is 13.7. The second kappa shape index (κ2) is 7.05. The zero-order chi connectivity index (χ0) is 17.0. The minimum absolute atomic E-state index is 0.126. The number of halogens is 4. The van der Waals surface area contributed by atoms with Crippen molar-refractivity contribution in [1.82, 2.24) is 5.32 Å². The van der Waals surface area contributed by atoms with E-state index in [1.54, 1.807) is 0 Å². The SMILES string of the molecule is O=C(CCc1ccc(S(=O)(=O)F)cc1)NC[C@H](O)C(F)(F)F. The first-order chi connectivity index (χ1) is 10.00. The average molecular weight is 343 g/mol. The van der Waals surface area contributed by atoms with E-state index in [1.807, 2.05) is 5.32 Å². The van der Waals surface area contributed by atoms with E-state index in [1.165, 1.54) is 12.1 Å². The first-order valence-electron chi connectivity index (χ1n) is 6.05. The lowest BCUT2D eigenvalue weighted by molar-refractivity contribution is -0.201. The van der Waals surface area contributed by atoms with Gasteiger partial charge in [-0.25, -0.2) is 0 Å². The highest BCUT2D eigenvalue weighted by Gasteiger charge is 2.38. The van der Waals surface area contributed by atoms with Crippen molar-refractivity contribution in [2.75, 3.05) is 6.54 Å². The zero-order valence-electron chi connectivity index (χ0n) is 11.1. The fourth-order valence-electron chi connectivity index (χ4n) is 1.49. The minimum Gasteiger partial charge on any atom is -0.382 e. The van der Waals surface area contributed by atoms with Gasteiger partial charge in [0.2, 0.25) is 5.91 Å². The number of carbonyl (C=O) groups excluding carboxylic acids is 1. The van der Waals surface area contributed by atoms with Crippen LogP contribution < -0.4 is 5.32 Å². The van der Waals surface area contributed by atoms with E-state index in [4.69, 9.17) is 5.11 Å². The molecular weight excluding hydrogens is 330 g/mol. The Labute approximate surface area is 124 Å². The summed E-state index contributed by atoms with van der Waals surface area (Å²) in [5.74, 6) is -0.703. The molecule has 0 radical (unpaired) electrons. The minimum atomic E-state index is -4.80. The van der Waals surface area contributed by atoms with Gasteiger partial charge in [-0.2, -0.15) is 21.6 Å². The maximum atomic E-state index is 12.6. The Bertz CT molecular complexity index is 613. The number of alkyl halides is 3. The Morgan fingerprint density at radius 1 is 1.23 bits per heavy atom. The number of rotatable bonds is 6. The molecule has 0 aliphatic carbocycles. The molecule has 0 heterocycles. The maximum absolute atomic E-state index is 12.6. The third-order valence-corrected chi connectivity index (χ3v) is 3.55. The molecule has 0 unspecified atom stereocenters. The van der Waals surface area contributed by atoms with E-state index < -0.39 is 39.9 Å². The molecule has 1 amide bonds. The summed E-state index contributed by atoms with van der Waals surface area (Å²) >= 11 is 0. The highest BCUT2D eigenvalue weighted by molar-refractivity contribution is 7.86. The number of aliphatic hydroxyl groups excluding tert-OH is 1. The zero-order valence-corrected chi connectivity index (χ0v) is 11.9. The molecule has 0 bridgehead atoms. The molecule has 0 saturated heterocycles. The molecule has 1 aromatic rings. The molecule has 10 heteroatoms. The van der Waals surface area contributed by atoms with E-state index in [9.17, 15) is 30.3 Å². The van der Waals surface area contributed by atoms with Crippen molar-refractivity contribution in [2.45, 2.75) is 30.0 Å². The number of hydrogen-bond acceptors (Lipinski definition) is 4. The molecule has 0 spiro atoms. The molecule has 2 N–H and O–H groups in total. The topological polar surface area (TPSA) is 83.5 Å². The largest absolute Gasteiger partial charge is 0.416 e. The smallest absolute Gasteiger partial charge is 0.382 e. The van der Waals surface area contributed by atoms with Crippen molar-refractivity contribution in [3.63, 3.8) is 0 Å². The van der Waals surface area contributed by atoms with E-state index in [0.29, 0.717) is 5.56 Å². The van der Waals surface area contributed by atoms with Crippen LogP contribution >= 0.6 is 0 Å². The number of aryl methyl sites for hydroxylation is 1. The fraction of sp³-hybridized carbons (Fsp3) is 0.417. The highest BCUT2D eigenvalue weighted by Crippen LogP contribution is 2.19. The molecule has 22 heavy (non-hydrogen) atoms. The van der Waals surface area contributed by atoms with Gasteiger partial charge in [0.05, 0.1) is 11.4 Å². The molecule has 1 rings (SSSR count). The van der Waals surface area contributed by atoms with Gasteiger partial charge in [-0.15, -0.1) is 3.89 Å². The van der Waals surface area contributed by atoms with Crippen LogP contribution in [-0.2, 0) is 21.4 Å². The van der Waals surface area contributed by atoms with Crippen molar-refractivity contribution in [2.24, 2.45) is 0 Å². The number of benzene rings is 1. The Morgan fingerprint density at radius 3 is 2.23 bits per heavy atom. The van der Waals surface area contributed by atoms with Crippen LogP contribution in [0.2, 0.25) is 0 Å². The summed E-state index contributed by atoms with van der Waals surface area (Å²) in [4.78, 5) is 10.8. The Hall–Kier alpha value is -1.68. The summed E-state index contributed by atoms with van der Waals surface area (Å²) in [7, 11) is -4.80. The molecule has 0 aliphatic heterocycles. The quantitative estimate of drug-likeness (QED) is 0.603. The number of aliphatic hydroxyl groups is 1. The van der Waals surface area contributed by atoms with Gasteiger partial charge in [-0.3, -0.25) is 4.79 Å². The number of carbonyl (C=O) groups is 1. The predicted octanol–water partition coefficient (Wildman–Crippen LogP) is 1.32. The average Bonchev–Trinajstić information content (AvgIpc) is 2.40. The van der Waals surface area contributed by atoms with Crippen LogP contribution in [-0.4, -0.2) is 38.3 Å². The summed E-state index contributed by atoms with van der Waals surface area (Å²) in [5.41, 5.74) is 0.513. The van der Waals surface area contributed by atoms with Crippen LogP contribution in [0.5, 0.6) is 0 Å². The Kier molecular flexibility index (Phi) is 5.89. The molecule has 5 nitrogen and oxygen atoms in total. The van der Waals surface area contributed by atoms with Crippen LogP contribution in [0.3, 0.4) is 0 Å². The van der Waals surface area contributed by atoms with Crippen molar-refractivity contribution < 1.29 is 35.4 Å². The number of nitrogens with one attached hydrogen (secondary N) is 1. The van der Waals surface area contributed by atoms with Crippen molar-refractivity contribution >= 4 is 16.1 Å². The van der Waals surface area contributed by atoms with Gasteiger partial charge in [0.25, 0.3) is 0 Å². The molecule has 0 fully saturated rings. The Morgan fingerprint density at radius 2 is 1.77 bits per heavy atom. The third kappa shape index (κ3) is 5.98. The maximum Gasteiger partial charge on any atom is 0.416 e. The van der Waals surface area contributed by atoms with Gasteiger partial charge < -0.3 is 10.4 Å². The van der Waals surface area contributed by atoms with Crippen molar-refractivity contribution in [1.29, 1.82) is 0 Å². The van der Waals surface area contributed by atoms with Crippen LogP contribution in [0.15, 0.2) is 29.2 Å². The first-order valence-corrected chi connectivity index (χ1v) is 7.43. The Balaban J connectivity index is 2.45. The van der Waals surface area contributed by atoms with Crippen LogP contribution in [0, 0.1) is 0 Å². The predicted molar refractivity (Wildman–Crippen MR) is 68.1 cm³/mol. The van der Waals surface area contributed by atoms with Crippen LogP contribution in [0.25, 0.3) is 0 Å². The lowest BCUT2D eigenvalue weighted by Crippen LogP contribution is -2.40. The van der Waals surface area contributed by atoms with E-state index in [0.717, 1.165) is 12.1 Å². The lowest BCUT2D eigenvalue weighted by atomic mass is 10.1. The molecule has 0 aliphatic rings. The summed E-state index contributed by atoms with van der Waals surface area (Å²) in [6.45, 7) is -0.943. The number of amides is 1. The van der Waals surface area contributed by atoms with Crippen molar-refractivity contribution in [3.05, 3.63) is 29.8 Å². The molecule has 1 atom stereocenters. The first kappa shape index (κ1) is 18.4. The summed E-state index contributed by atoms with van der Waals surface area (Å²) < 4.78 is 69.8. The molecule has 124 valence electrons. The van der Waals surface area contributed by atoms with E-state index >= 15 is 0 Å². The van der Waals surface area contributed by atoms with Crippen LogP contribution in [0.1, 0.15) is 12.0 Å². The fourth-order valence-corrected chi connectivity index (χ4v) is 1.95. The summed E-state index contributed by atoms with van der Waals surface area (Å²) in [6.07, 6.45) is -7.47. The van der Waals surface area contributed by atoms with E-state index in [2.05, 4.69) is 0 Å². The van der Waals surface area contributed by atoms with E-state index in [-0.39, 0.29) is 12.8 Å². The van der Waals surface area contributed by atoms with Gasteiger partial charge in [-0.1, -0.05) is 12.1 Å². The van der Waals surface area contributed by atoms with Gasteiger partial charge in [-0.05, 0) is 24.1 Å². The van der Waals surface area contributed by atoms with Crippen LogP contribution in [0.4, 0.5) is 17.1 Å². The second-order valence-electron chi connectivity index (χ2n) is 4.44. The standard InChI is InChI=1S/C12H13F4NO4S/c13-12(14,15)10(18)7-17-11(19)6-3-8-1-4-9(5-2-8)22(16,20)21/h1-2,4-5,10,18H,3,6-7H2,(H,17,19)/t10-/m0/s1. The van der Waals surface area contributed by atoms with Gasteiger partial charge in [0.1, 0.15) is 0 Å². The molecule has 0 aromatic heterocycles. The second-order valence-corrected chi connectivity index (χ2v) is 5.79. The molecular formula is C12H13F4NO4S. The third-order valence-electron chi connectivity index (χ3n) is 2.72. The van der Waals surface area contributed by atoms with Gasteiger partial charge in [0, 0.05) is 6.42 Å². The molecule has 1 aromatic carbocycles. The lowest BCUT2D eigenvalue weighted by Gasteiger charge is -2.14. The molecule has 0 saturated carbocycles. The summed E-state index contributed by atoms with van der Waals surface area (Å²) in [5, 5.41) is 10.6. The highest BCUT2D eigenvalue weighted by atomic mass is 32.3. The monoisotopic (exact) mass is 343 g/mol. The van der Waals surface area contributed by atoms with Crippen molar-refractivity contribution in [3.8, 4) is 0 Å². The summed E-state index contributed by atoms with van der Waals surface area (Å²) in [6, 6.07) is 4.64.